The third kappa shape index (κ3) is 4.75. The van der Waals surface area contributed by atoms with Crippen molar-refractivity contribution in [3.8, 4) is 23.1 Å². The van der Waals surface area contributed by atoms with E-state index in [1.807, 2.05) is 0 Å². The number of anilines is 1. The predicted molar refractivity (Wildman–Crippen MR) is 152 cm³/mol. The summed E-state index contributed by atoms with van der Waals surface area (Å²) in [6.07, 6.45) is 0.887. The van der Waals surface area contributed by atoms with Crippen molar-refractivity contribution in [3.63, 3.8) is 0 Å². The van der Waals surface area contributed by atoms with Crippen molar-refractivity contribution in [1.82, 2.24) is 14.9 Å². The van der Waals surface area contributed by atoms with Gasteiger partial charge in [0, 0.05) is 42.4 Å². The number of benzene rings is 2. The molecule has 3 fully saturated rings. The molecular weight excluding hydrogens is 568 g/mol. The lowest BCUT2D eigenvalue weighted by atomic mass is 9.95. The molecule has 12 heteroatoms. The van der Waals surface area contributed by atoms with Crippen LogP contribution in [0.1, 0.15) is 37.7 Å². The van der Waals surface area contributed by atoms with Gasteiger partial charge in [-0.25, -0.2) is 22.4 Å². The van der Waals surface area contributed by atoms with E-state index >= 15 is 4.39 Å². The smallest absolute Gasteiger partial charge is 0.349 e. The number of nitrogens with zero attached hydrogens (tertiary/aromatic N) is 4. The van der Waals surface area contributed by atoms with Crippen LogP contribution in [0.25, 0.3) is 33.0 Å². The number of piperidine rings is 1. The van der Waals surface area contributed by atoms with Crippen LogP contribution in [-0.2, 0) is 0 Å². The van der Waals surface area contributed by atoms with Gasteiger partial charge in [-0.2, -0.15) is 9.97 Å². The Morgan fingerprint density at radius 2 is 1.95 bits per heavy atom. The number of hydrogen-bond acceptors (Lipinski definition) is 8. The summed E-state index contributed by atoms with van der Waals surface area (Å²) in [4.78, 5) is 26.0. The molecule has 0 saturated carbocycles. The van der Waals surface area contributed by atoms with Crippen LogP contribution < -0.4 is 15.3 Å². The number of ether oxygens (including phenoxy) is 1. The summed E-state index contributed by atoms with van der Waals surface area (Å²) in [6, 6.07) is 6.95. The Morgan fingerprint density at radius 3 is 2.77 bits per heavy atom. The molecular formula is C31H30F4N4O4. The number of phenolic OH excluding ortho intramolecular Hbond substituents is 1. The van der Waals surface area contributed by atoms with Crippen molar-refractivity contribution >= 4 is 27.5 Å². The number of phenols is 1. The molecule has 0 spiro atoms. The van der Waals surface area contributed by atoms with E-state index < -0.39 is 35.6 Å². The van der Waals surface area contributed by atoms with Crippen molar-refractivity contribution in [2.45, 2.75) is 56.7 Å². The first kappa shape index (κ1) is 27.9. The molecule has 226 valence electrons. The summed E-state index contributed by atoms with van der Waals surface area (Å²) in [5.41, 5.74) is -0.854. The van der Waals surface area contributed by atoms with Crippen LogP contribution in [0.3, 0.4) is 0 Å². The van der Waals surface area contributed by atoms with Crippen LogP contribution in [0, 0.1) is 12.7 Å². The zero-order chi connectivity index (χ0) is 30.1. The number of fused-ring (bicyclic) bond motifs is 3. The molecule has 43 heavy (non-hydrogen) atoms. The van der Waals surface area contributed by atoms with E-state index in [1.54, 1.807) is 13.0 Å². The van der Waals surface area contributed by atoms with Gasteiger partial charge in [-0.1, -0.05) is 12.1 Å². The molecule has 2 aromatic carbocycles. The molecule has 0 amide bonds. The molecule has 3 aliphatic rings. The van der Waals surface area contributed by atoms with Gasteiger partial charge in [-0.05, 0) is 56.3 Å². The minimum absolute atomic E-state index is 0.0281. The van der Waals surface area contributed by atoms with Crippen molar-refractivity contribution in [1.29, 1.82) is 0 Å². The van der Waals surface area contributed by atoms with Crippen molar-refractivity contribution in [3.05, 3.63) is 52.1 Å². The molecule has 2 atom stereocenters. The van der Waals surface area contributed by atoms with Crippen molar-refractivity contribution < 1.29 is 31.8 Å². The third-order valence-corrected chi connectivity index (χ3v) is 9.04. The molecule has 8 nitrogen and oxygen atoms in total. The summed E-state index contributed by atoms with van der Waals surface area (Å²) in [7, 11) is 0. The van der Waals surface area contributed by atoms with Crippen LogP contribution >= 0.6 is 0 Å². The number of hydrogen-bond donors (Lipinski definition) is 1. The van der Waals surface area contributed by atoms with E-state index in [1.165, 1.54) is 29.2 Å². The largest absolute Gasteiger partial charge is 0.508 e. The quantitative estimate of drug-likeness (QED) is 0.291. The maximum absolute atomic E-state index is 15.1. The Labute approximate surface area is 243 Å². The Balaban J connectivity index is 1.40. The van der Waals surface area contributed by atoms with E-state index in [0.717, 1.165) is 19.4 Å². The van der Waals surface area contributed by atoms with E-state index in [4.69, 9.17) is 9.15 Å². The second-order valence-corrected chi connectivity index (χ2v) is 12.0. The monoisotopic (exact) mass is 598 g/mol. The highest BCUT2D eigenvalue weighted by Crippen LogP contribution is 2.42. The van der Waals surface area contributed by atoms with Gasteiger partial charge >= 0.3 is 11.6 Å². The molecule has 4 aromatic rings. The second kappa shape index (κ2) is 10.1. The SMILES string of the molecule is Cc1c(-c2cc(O)cc3cccc(F)c23)oc(=O)c2c(N3CCCC(F)(F)C3)nc(OC[C@@]34CCCN3C[C@H](F)C4)nc12. The minimum Gasteiger partial charge on any atom is -0.508 e. The lowest BCUT2D eigenvalue weighted by molar-refractivity contribution is -0.0118. The van der Waals surface area contributed by atoms with E-state index in [2.05, 4.69) is 14.9 Å². The Bertz CT molecular complexity index is 1810. The molecule has 0 radical (unpaired) electrons. The second-order valence-electron chi connectivity index (χ2n) is 12.0. The van der Waals surface area contributed by atoms with Gasteiger partial charge in [-0.3, -0.25) is 4.90 Å². The van der Waals surface area contributed by atoms with Crippen LogP contribution in [0.15, 0.2) is 39.5 Å². The Hall–Kier alpha value is -3.93. The van der Waals surface area contributed by atoms with Gasteiger partial charge in [0.25, 0.3) is 5.92 Å². The number of halogens is 4. The fraction of sp³-hybridized carbons (Fsp3) is 0.452. The minimum atomic E-state index is -2.99. The van der Waals surface area contributed by atoms with E-state index in [9.17, 15) is 23.1 Å². The van der Waals surface area contributed by atoms with E-state index in [-0.39, 0.29) is 71.2 Å². The van der Waals surface area contributed by atoms with Gasteiger partial charge in [0.2, 0.25) is 0 Å². The highest BCUT2D eigenvalue weighted by molar-refractivity contribution is 6.00. The summed E-state index contributed by atoms with van der Waals surface area (Å²) >= 11 is 0. The zero-order valence-electron chi connectivity index (χ0n) is 23.5. The summed E-state index contributed by atoms with van der Waals surface area (Å²) in [5, 5.41) is 10.8. The average Bonchev–Trinajstić information content (AvgIpc) is 3.48. The fourth-order valence-corrected chi connectivity index (χ4v) is 7.11. The topological polar surface area (TPSA) is 91.9 Å². The summed E-state index contributed by atoms with van der Waals surface area (Å²) < 4.78 is 70.4. The zero-order valence-corrected chi connectivity index (χ0v) is 23.5. The molecule has 3 aliphatic heterocycles. The molecule has 0 unspecified atom stereocenters. The summed E-state index contributed by atoms with van der Waals surface area (Å²) in [6.45, 7) is 2.38. The van der Waals surface area contributed by atoms with E-state index in [0.29, 0.717) is 23.9 Å². The van der Waals surface area contributed by atoms with Crippen LogP contribution in [0.5, 0.6) is 11.8 Å². The van der Waals surface area contributed by atoms with Crippen LogP contribution in [-0.4, -0.2) is 70.4 Å². The van der Waals surface area contributed by atoms with Gasteiger partial charge in [0.1, 0.15) is 35.5 Å². The molecule has 3 saturated heterocycles. The van der Waals surface area contributed by atoms with Crippen molar-refractivity contribution in [2.75, 3.05) is 37.7 Å². The molecule has 2 aromatic heterocycles. The maximum Gasteiger partial charge on any atom is 0.349 e. The molecule has 5 heterocycles. The predicted octanol–water partition coefficient (Wildman–Crippen LogP) is 5.75. The Kier molecular flexibility index (Phi) is 6.53. The first-order valence-corrected chi connectivity index (χ1v) is 14.5. The standard InChI is InChI=1S/C31H30F4N4O4/c1-17-25-24(28(41)43-26(17)21-12-20(40)11-18-5-2-6-22(33)23(18)21)27(38-9-4-8-31(34,35)15-38)37-29(36-25)42-16-30-7-3-10-39(30)14-19(32)13-30/h2,5-6,11-12,19,40H,3-4,7-10,13-16H2,1H3/t19-,30+/m1/s1. The molecule has 0 bridgehead atoms. The first-order valence-electron chi connectivity index (χ1n) is 14.5. The van der Waals surface area contributed by atoms with Crippen molar-refractivity contribution in [2.24, 2.45) is 0 Å². The first-order chi connectivity index (χ1) is 20.5. The number of aryl methyl sites for hydroxylation is 1. The molecule has 0 aliphatic carbocycles. The van der Waals surface area contributed by atoms with Gasteiger partial charge in [-0.15, -0.1) is 0 Å². The van der Waals surface area contributed by atoms with Crippen LogP contribution in [0.2, 0.25) is 0 Å². The molecule has 7 rings (SSSR count). The van der Waals surface area contributed by atoms with Gasteiger partial charge in [0.05, 0.1) is 17.6 Å². The highest BCUT2D eigenvalue weighted by Gasteiger charge is 2.49. The maximum atomic E-state index is 15.1. The Morgan fingerprint density at radius 1 is 1.14 bits per heavy atom. The number of rotatable bonds is 5. The number of alkyl halides is 3. The average molecular weight is 599 g/mol. The lowest BCUT2D eigenvalue weighted by Gasteiger charge is -2.34. The van der Waals surface area contributed by atoms with Gasteiger partial charge in [0.15, 0.2) is 5.82 Å². The number of aromatic nitrogens is 2. The number of aromatic hydroxyl groups is 1. The molecule has 1 N–H and O–H groups in total. The lowest BCUT2D eigenvalue weighted by Crippen LogP contribution is -2.44. The summed E-state index contributed by atoms with van der Waals surface area (Å²) in [5.74, 6) is -3.81. The highest BCUT2D eigenvalue weighted by atomic mass is 19.3. The van der Waals surface area contributed by atoms with Crippen LogP contribution in [0.4, 0.5) is 23.4 Å². The normalized spacial score (nSPS) is 23.7. The van der Waals surface area contributed by atoms with Gasteiger partial charge < -0.3 is 19.2 Å². The third-order valence-electron chi connectivity index (χ3n) is 9.04. The fourth-order valence-electron chi connectivity index (χ4n) is 7.11.